The maximum Gasteiger partial charge on any atom is 0.165 e. The van der Waals surface area contributed by atoms with Crippen LogP contribution in [0, 0.1) is 12.7 Å². The molecule has 0 aromatic heterocycles. The number of benzene rings is 1. The average Bonchev–Trinajstić information content (AvgIpc) is 2.16. The number of halogens is 2. The standard InChI is InChI=1S/C10H13BrFNO2/c1-5-4-6(12)10(15)8(9(5)11)7(13)2-3-14/h4,7,14-15H,2-3,13H2,1H3. The third-order valence-corrected chi connectivity index (χ3v) is 3.27. The van der Waals surface area contributed by atoms with Crippen LogP contribution in [0.5, 0.6) is 5.75 Å². The first-order valence-electron chi connectivity index (χ1n) is 4.53. The van der Waals surface area contributed by atoms with Crippen LogP contribution >= 0.6 is 15.9 Å². The molecule has 4 N–H and O–H groups in total. The van der Waals surface area contributed by atoms with Crippen LogP contribution in [0.25, 0.3) is 0 Å². The van der Waals surface area contributed by atoms with Crippen LogP contribution in [-0.2, 0) is 0 Å². The van der Waals surface area contributed by atoms with Crippen molar-refractivity contribution in [1.29, 1.82) is 0 Å². The van der Waals surface area contributed by atoms with Gasteiger partial charge in [0.2, 0.25) is 0 Å². The van der Waals surface area contributed by atoms with E-state index in [1.54, 1.807) is 6.92 Å². The van der Waals surface area contributed by atoms with Crippen LogP contribution in [0.15, 0.2) is 10.5 Å². The quantitative estimate of drug-likeness (QED) is 0.792. The number of phenolic OH excluding ortho intramolecular Hbond substituents is 1. The maximum atomic E-state index is 13.2. The summed E-state index contributed by atoms with van der Waals surface area (Å²) in [6.45, 7) is 1.60. The van der Waals surface area contributed by atoms with E-state index in [1.807, 2.05) is 0 Å². The lowest BCUT2D eigenvalue weighted by Crippen LogP contribution is -2.13. The molecule has 15 heavy (non-hydrogen) atoms. The van der Waals surface area contributed by atoms with Crippen molar-refractivity contribution in [2.24, 2.45) is 5.73 Å². The van der Waals surface area contributed by atoms with Gasteiger partial charge in [0, 0.05) is 22.7 Å². The van der Waals surface area contributed by atoms with Crippen LogP contribution in [-0.4, -0.2) is 16.8 Å². The molecule has 1 aromatic carbocycles. The number of aryl methyl sites for hydroxylation is 1. The van der Waals surface area contributed by atoms with Gasteiger partial charge < -0.3 is 15.9 Å². The van der Waals surface area contributed by atoms with E-state index in [0.29, 0.717) is 15.6 Å². The molecule has 1 aromatic rings. The van der Waals surface area contributed by atoms with Gasteiger partial charge in [-0.25, -0.2) is 4.39 Å². The summed E-state index contributed by atoms with van der Waals surface area (Å²) in [4.78, 5) is 0. The van der Waals surface area contributed by atoms with Crippen molar-refractivity contribution in [3.8, 4) is 5.75 Å². The van der Waals surface area contributed by atoms with E-state index in [0.717, 1.165) is 0 Å². The molecule has 0 heterocycles. The summed E-state index contributed by atoms with van der Waals surface area (Å²) < 4.78 is 13.8. The second-order valence-electron chi connectivity index (χ2n) is 3.37. The average molecular weight is 278 g/mol. The maximum absolute atomic E-state index is 13.2. The Labute approximate surface area is 95.9 Å². The number of aliphatic hydroxyl groups is 1. The van der Waals surface area contributed by atoms with Crippen LogP contribution in [0.4, 0.5) is 4.39 Å². The molecular weight excluding hydrogens is 265 g/mol. The third kappa shape index (κ3) is 2.48. The molecule has 0 aliphatic carbocycles. The zero-order chi connectivity index (χ0) is 11.6. The van der Waals surface area contributed by atoms with Crippen molar-refractivity contribution in [3.05, 3.63) is 27.5 Å². The smallest absolute Gasteiger partial charge is 0.165 e. The van der Waals surface area contributed by atoms with Crippen molar-refractivity contribution in [3.63, 3.8) is 0 Å². The molecule has 0 amide bonds. The number of hydrogen-bond donors (Lipinski definition) is 3. The van der Waals surface area contributed by atoms with Gasteiger partial charge in [0.15, 0.2) is 11.6 Å². The minimum Gasteiger partial charge on any atom is -0.505 e. The lowest BCUT2D eigenvalue weighted by molar-refractivity contribution is 0.274. The summed E-state index contributed by atoms with van der Waals surface area (Å²) in [6.07, 6.45) is 0.273. The minimum absolute atomic E-state index is 0.109. The summed E-state index contributed by atoms with van der Waals surface area (Å²) in [6, 6.07) is 0.646. The highest BCUT2D eigenvalue weighted by Crippen LogP contribution is 2.36. The van der Waals surface area contributed by atoms with E-state index in [-0.39, 0.29) is 13.0 Å². The highest BCUT2D eigenvalue weighted by atomic mass is 79.9. The second-order valence-corrected chi connectivity index (χ2v) is 4.16. The monoisotopic (exact) mass is 277 g/mol. The lowest BCUT2D eigenvalue weighted by Gasteiger charge is -2.16. The Morgan fingerprint density at radius 1 is 1.60 bits per heavy atom. The molecular formula is C10H13BrFNO2. The van der Waals surface area contributed by atoms with Crippen molar-refractivity contribution >= 4 is 15.9 Å². The van der Waals surface area contributed by atoms with Crippen molar-refractivity contribution < 1.29 is 14.6 Å². The summed E-state index contributed by atoms with van der Waals surface area (Å²) in [7, 11) is 0. The van der Waals surface area contributed by atoms with E-state index in [1.165, 1.54) is 6.07 Å². The Kier molecular flexibility index (Phi) is 4.07. The number of phenols is 1. The van der Waals surface area contributed by atoms with Crippen molar-refractivity contribution in [2.45, 2.75) is 19.4 Å². The molecule has 5 heteroatoms. The predicted molar refractivity (Wildman–Crippen MR) is 59.1 cm³/mol. The van der Waals surface area contributed by atoms with Gasteiger partial charge in [0.05, 0.1) is 0 Å². The normalized spacial score (nSPS) is 12.9. The fraction of sp³-hybridized carbons (Fsp3) is 0.400. The van der Waals surface area contributed by atoms with Crippen LogP contribution in [0.3, 0.4) is 0 Å². The lowest BCUT2D eigenvalue weighted by atomic mass is 10.0. The van der Waals surface area contributed by atoms with Crippen LogP contribution in [0.2, 0.25) is 0 Å². The van der Waals surface area contributed by atoms with E-state index in [2.05, 4.69) is 15.9 Å². The summed E-state index contributed by atoms with van der Waals surface area (Å²) in [5.74, 6) is -1.15. The van der Waals surface area contributed by atoms with E-state index < -0.39 is 17.6 Å². The zero-order valence-corrected chi connectivity index (χ0v) is 9.88. The topological polar surface area (TPSA) is 66.5 Å². The second kappa shape index (κ2) is 4.92. The Morgan fingerprint density at radius 2 is 2.20 bits per heavy atom. The number of rotatable bonds is 3. The summed E-state index contributed by atoms with van der Waals surface area (Å²) >= 11 is 3.25. The molecule has 1 rings (SSSR count). The summed E-state index contributed by atoms with van der Waals surface area (Å²) in [5, 5.41) is 18.3. The molecule has 0 saturated carbocycles. The molecule has 0 spiro atoms. The Bertz CT molecular complexity index is 345. The van der Waals surface area contributed by atoms with Gasteiger partial charge in [-0.1, -0.05) is 15.9 Å². The molecule has 0 bridgehead atoms. The van der Waals surface area contributed by atoms with Gasteiger partial charge in [-0.05, 0) is 25.0 Å². The first kappa shape index (κ1) is 12.4. The van der Waals surface area contributed by atoms with Crippen molar-refractivity contribution in [1.82, 2.24) is 0 Å². The number of aliphatic hydroxyl groups excluding tert-OH is 1. The van der Waals surface area contributed by atoms with Crippen LogP contribution < -0.4 is 5.73 Å². The molecule has 0 saturated heterocycles. The van der Waals surface area contributed by atoms with Gasteiger partial charge in [-0.3, -0.25) is 0 Å². The molecule has 3 nitrogen and oxygen atoms in total. The Balaban J connectivity index is 3.26. The van der Waals surface area contributed by atoms with Gasteiger partial charge in [0.25, 0.3) is 0 Å². The van der Waals surface area contributed by atoms with Crippen molar-refractivity contribution in [2.75, 3.05) is 6.61 Å². The minimum atomic E-state index is -0.695. The number of nitrogens with two attached hydrogens (primary N) is 1. The van der Waals surface area contributed by atoms with Crippen LogP contribution in [0.1, 0.15) is 23.6 Å². The van der Waals surface area contributed by atoms with E-state index in [4.69, 9.17) is 10.8 Å². The third-order valence-electron chi connectivity index (χ3n) is 2.22. The summed E-state index contributed by atoms with van der Waals surface area (Å²) in [5.41, 5.74) is 6.70. The highest BCUT2D eigenvalue weighted by molar-refractivity contribution is 9.10. The molecule has 1 unspecified atom stereocenters. The molecule has 0 aliphatic rings. The van der Waals surface area contributed by atoms with Gasteiger partial charge >= 0.3 is 0 Å². The fourth-order valence-corrected chi connectivity index (χ4v) is 1.98. The highest BCUT2D eigenvalue weighted by Gasteiger charge is 2.19. The van der Waals surface area contributed by atoms with Gasteiger partial charge in [-0.2, -0.15) is 0 Å². The SMILES string of the molecule is Cc1cc(F)c(O)c(C(N)CCO)c1Br. The number of aromatic hydroxyl groups is 1. The molecule has 0 aliphatic heterocycles. The Hall–Kier alpha value is -0.650. The van der Waals surface area contributed by atoms with Gasteiger partial charge in [0.1, 0.15) is 0 Å². The fourth-order valence-electron chi connectivity index (χ4n) is 1.39. The zero-order valence-electron chi connectivity index (χ0n) is 8.30. The Morgan fingerprint density at radius 3 is 2.73 bits per heavy atom. The number of hydrogen-bond acceptors (Lipinski definition) is 3. The first-order chi connectivity index (χ1) is 6.99. The predicted octanol–water partition coefficient (Wildman–Crippen LogP) is 1.98. The molecule has 0 fully saturated rings. The van der Waals surface area contributed by atoms with Gasteiger partial charge in [-0.15, -0.1) is 0 Å². The van der Waals surface area contributed by atoms with E-state index in [9.17, 15) is 9.50 Å². The largest absolute Gasteiger partial charge is 0.505 e. The van der Waals surface area contributed by atoms with E-state index >= 15 is 0 Å². The molecule has 84 valence electrons. The molecule has 0 radical (unpaired) electrons. The molecule has 1 atom stereocenters. The first-order valence-corrected chi connectivity index (χ1v) is 5.32.